The maximum Gasteiger partial charge on any atom is 0.187 e. The number of aromatic nitrogens is 2. The maximum absolute atomic E-state index is 6.40. The fraction of sp³-hybridized carbons (Fsp3) is 0.188. The molecular formula is C16H17Cl2N5S. The van der Waals surface area contributed by atoms with Crippen LogP contribution >= 0.6 is 35.4 Å². The molecule has 0 saturated heterocycles. The highest BCUT2D eigenvalue weighted by molar-refractivity contribution is 7.80. The van der Waals surface area contributed by atoms with Crippen LogP contribution in [0.15, 0.2) is 42.0 Å². The van der Waals surface area contributed by atoms with Crippen LogP contribution in [0.3, 0.4) is 0 Å². The van der Waals surface area contributed by atoms with Crippen molar-refractivity contribution in [3.63, 3.8) is 0 Å². The second kappa shape index (κ2) is 8.82. The number of nitrogens with zero attached hydrogens (tertiary/aromatic N) is 3. The average molecular weight is 382 g/mol. The first-order valence-electron chi connectivity index (χ1n) is 7.16. The summed E-state index contributed by atoms with van der Waals surface area (Å²) in [7, 11) is 0. The van der Waals surface area contributed by atoms with Crippen LogP contribution < -0.4 is 10.7 Å². The molecule has 1 heterocycles. The van der Waals surface area contributed by atoms with Crippen molar-refractivity contribution >= 4 is 46.7 Å². The van der Waals surface area contributed by atoms with Crippen LogP contribution in [0.2, 0.25) is 10.2 Å². The lowest BCUT2D eigenvalue weighted by Crippen LogP contribution is -2.31. The van der Waals surface area contributed by atoms with Gasteiger partial charge in [-0.05, 0) is 36.8 Å². The normalized spacial score (nSPS) is 10.8. The van der Waals surface area contributed by atoms with Gasteiger partial charge in [-0.25, -0.2) is 4.68 Å². The Morgan fingerprint density at radius 3 is 2.75 bits per heavy atom. The highest BCUT2D eigenvalue weighted by Crippen LogP contribution is 2.19. The lowest BCUT2D eigenvalue weighted by Gasteiger charge is -2.04. The summed E-state index contributed by atoms with van der Waals surface area (Å²) in [6, 6.07) is 7.55. The average Bonchev–Trinajstić information content (AvgIpc) is 2.82. The summed E-state index contributed by atoms with van der Waals surface area (Å²) in [6.07, 6.45) is 3.31. The Hall–Kier alpha value is -1.89. The number of halogens is 2. The van der Waals surface area contributed by atoms with Gasteiger partial charge in [0.05, 0.1) is 24.0 Å². The third kappa shape index (κ3) is 5.06. The number of rotatable bonds is 6. The van der Waals surface area contributed by atoms with E-state index >= 15 is 0 Å². The van der Waals surface area contributed by atoms with Crippen LogP contribution in [0.1, 0.15) is 16.8 Å². The molecule has 0 fully saturated rings. The van der Waals surface area contributed by atoms with Crippen LogP contribution in [-0.4, -0.2) is 27.7 Å². The van der Waals surface area contributed by atoms with Crippen LogP contribution in [0.5, 0.6) is 0 Å². The molecule has 0 radical (unpaired) electrons. The Balaban J connectivity index is 2.06. The molecule has 1 aromatic carbocycles. The zero-order valence-electron chi connectivity index (χ0n) is 13.1. The minimum atomic E-state index is 0.411. The van der Waals surface area contributed by atoms with Crippen molar-refractivity contribution < 1.29 is 0 Å². The van der Waals surface area contributed by atoms with Gasteiger partial charge in [0.2, 0.25) is 0 Å². The summed E-state index contributed by atoms with van der Waals surface area (Å²) in [4.78, 5) is 0. The van der Waals surface area contributed by atoms with Gasteiger partial charge >= 0.3 is 0 Å². The molecule has 0 saturated carbocycles. The van der Waals surface area contributed by atoms with E-state index in [4.69, 9.17) is 35.4 Å². The molecule has 0 aliphatic carbocycles. The minimum absolute atomic E-state index is 0.411. The minimum Gasteiger partial charge on any atom is -0.358 e. The summed E-state index contributed by atoms with van der Waals surface area (Å²) < 4.78 is 1.72. The highest BCUT2D eigenvalue weighted by Gasteiger charge is 2.12. The third-order valence-electron chi connectivity index (χ3n) is 3.12. The Morgan fingerprint density at radius 1 is 1.38 bits per heavy atom. The molecule has 0 unspecified atom stereocenters. The summed E-state index contributed by atoms with van der Waals surface area (Å²) in [5.41, 5.74) is 5.30. The predicted molar refractivity (Wildman–Crippen MR) is 104 cm³/mol. The Labute approximate surface area is 156 Å². The highest BCUT2D eigenvalue weighted by atomic mass is 35.5. The Kier molecular flexibility index (Phi) is 6.78. The molecule has 0 atom stereocenters. The molecule has 2 aromatic rings. The maximum atomic E-state index is 6.40. The van der Waals surface area contributed by atoms with Crippen molar-refractivity contribution in [2.24, 2.45) is 5.10 Å². The largest absolute Gasteiger partial charge is 0.358 e. The fourth-order valence-electron chi connectivity index (χ4n) is 1.94. The van der Waals surface area contributed by atoms with Crippen molar-refractivity contribution in [2.75, 3.05) is 6.54 Å². The van der Waals surface area contributed by atoms with Gasteiger partial charge in [0, 0.05) is 11.6 Å². The number of aryl methyl sites for hydroxylation is 1. The number of thiocarbonyl (C=S) groups is 1. The summed E-state index contributed by atoms with van der Waals surface area (Å²) >= 11 is 17.4. The van der Waals surface area contributed by atoms with E-state index < -0.39 is 0 Å². The lowest BCUT2D eigenvalue weighted by atomic mass is 10.2. The van der Waals surface area contributed by atoms with E-state index in [2.05, 4.69) is 27.5 Å². The van der Waals surface area contributed by atoms with Gasteiger partial charge in [0.25, 0.3) is 0 Å². The third-order valence-corrected chi connectivity index (χ3v) is 4.01. The molecule has 0 bridgehead atoms. The molecule has 126 valence electrons. The fourth-order valence-corrected chi connectivity index (χ4v) is 2.49. The van der Waals surface area contributed by atoms with Gasteiger partial charge in [-0.2, -0.15) is 10.2 Å². The van der Waals surface area contributed by atoms with Crippen molar-refractivity contribution in [2.45, 2.75) is 13.5 Å². The van der Waals surface area contributed by atoms with E-state index in [9.17, 15) is 0 Å². The number of hydrazone groups is 1. The molecule has 0 amide bonds. The zero-order chi connectivity index (χ0) is 17.5. The number of hydrogen-bond acceptors (Lipinski definition) is 3. The van der Waals surface area contributed by atoms with E-state index in [1.165, 1.54) is 0 Å². The molecule has 2 rings (SSSR count). The monoisotopic (exact) mass is 381 g/mol. The number of benzene rings is 1. The van der Waals surface area contributed by atoms with Gasteiger partial charge in [0.1, 0.15) is 5.15 Å². The van der Waals surface area contributed by atoms with Gasteiger partial charge < -0.3 is 5.32 Å². The first-order valence-corrected chi connectivity index (χ1v) is 8.33. The van der Waals surface area contributed by atoms with E-state index in [0.717, 1.165) is 16.8 Å². The smallest absolute Gasteiger partial charge is 0.187 e. The van der Waals surface area contributed by atoms with Crippen molar-refractivity contribution in [3.05, 3.63) is 63.9 Å². The summed E-state index contributed by atoms with van der Waals surface area (Å²) in [5, 5.41) is 13.1. The first kappa shape index (κ1) is 18.4. The Bertz CT molecular complexity index is 753. The topological polar surface area (TPSA) is 54.2 Å². The summed E-state index contributed by atoms with van der Waals surface area (Å²) in [5.74, 6) is 0. The van der Waals surface area contributed by atoms with Gasteiger partial charge in [-0.15, -0.1) is 6.58 Å². The molecule has 0 spiro atoms. The van der Waals surface area contributed by atoms with Crippen LogP contribution in [0.4, 0.5) is 0 Å². The molecule has 0 aliphatic heterocycles. The molecule has 5 nitrogen and oxygen atoms in total. The zero-order valence-corrected chi connectivity index (χ0v) is 15.4. The lowest BCUT2D eigenvalue weighted by molar-refractivity contribution is 0.680. The van der Waals surface area contributed by atoms with E-state index in [1.807, 2.05) is 31.2 Å². The van der Waals surface area contributed by atoms with Crippen LogP contribution in [-0.2, 0) is 6.54 Å². The van der Waals surface area contributed by atoms with E-state index in [-0.39, 0.29) is 0 Å². The van der Waals surface area contributed by atoms with Crippen LogP contribution in [0.25, 0.3) is 0 Å². The predicted octanol–water partition coefficient (Wildman–Crippen LogP) is 3.53. The molecule has 24 heavy (non-hydrogen) atoms. The SMILES string of the molecule is C=CCNC(=S)NN=Cc1c(C)nn(Cc2ccc(Cl)cc2)c1Cl. The quantitative estimate of drug-likeness (QED) is 0.347. The Morgan fingerprint density at radius 2 is 2.08 bits per heavy atom. The molecule has 2 N–H and O–H groups in total. The molecular weight excluding hydrogens is 365 g/mol. The first-order chi connectivity index (χ1) is 11.5. The van der Waals surface area contributed by atoms with E-state index in [0.29, 0.717) is 28.4 Å². The molecule has 8 heteroatoms. The van der Waals surface area contributed by atoms with Crippen molar-refractivity contribution in [1.82, 2.24) is 20.5 Å². The number of hydrogen-bond donors (Lipinski definition) is 2. The standard InChI is InChI=1S/C16H17Cl2N5S/c1-3-8-19-16(24)21-20-9-14-11(2)22-23(15(14)18)10-12-4-6-13(17)7-5-12/h3-7,9H,1,8,10H2,2H3,(H2,19,21,24). The van der Waals surface area contributed by atoms with Gasteiger partial charge in [0.15, 0.2) is 5.11 Å². The van der Waals surface area contributed by atoms with Gasteiger partial charge in [-0.3, -0.25) is 5.43 Å². The van der Waals surface area contributed by atoms with Crippen molar-refractivity contribution in [1.29, 1.82) is 0 Å². The second-order valence-corrected chi connectivity index (χ2v) is 6.15. The molecule has 0 aliphatic rings. The van der Waals surface area contributed by atoms with Crippen LogP contribution in [0, 0.1) is 6.92 Å². The van der Waals surface area contributed by atoms with E-state index in [1.54, 1.807) is 17.0 Å². The second-order valence-electron chi connectivity index (χ2n) is 4.94. The molecule has 1 aromatic heterocycles. The summed E-state index contributed by atoms with van der Waals surface area (Å²) in [6.45, 7) is 6.60. The van der Waals surface area contributed by atoms with Crippen molar-refractivity contribution in [3.8, 4) is 0 Å². The van der Waals surface area contributed by atoms with Gasteiger partial charge in [-0.1, -0.05) is 41.4 Å². The number of nitrogens with one attached hydrogen (secondary N) is 2.